The molecule has 4 aromatic carbocycles. The molecule has 6 atom stereocenters. The predicted molar refractivity (Wildman–Crippen MR) is 196 cm³/mol. The Morgan fingerprint density at radius 3 is 1.86 bits per heavy atom. The Kier molecular flexibility index (Phi) is 9.19. The van der Waals surface area contributed by atoms with Gasteiger partial charge in [-0.1, -0.05) is 42.0 Å². The van der Waals surface area contributed by atoms with Gasteiger partial charge in [0.15, 0.2) is 38.8 Å². The summed E-state index contributed by atoms with van der Waals surface area (Å²) in [5.74, 6) is -23.7. The van der Waals surface area contributed by atoms with E-state index in [4.69, 9.17) is 32.7 Å². The first kappa shape index (κ1) is 39.0. The second-order valence-corrected chi connectivity index (χ2v) is 15.5. The fourth-order valence-electron chi connectivity index (χ4n) is 8.87. The van der Waals surface area contributed by atoms with Gasteiger partial charge in [0.05, 0.1) is 31.7 Å². The first-order valence-electron chi connectivity index (χ1n) is 17.5. The molecule has 2 heterocycles. The lowest BCUT2D eigenvalue weighted by molar-refractivity contribution is -0.125. The summed E-state index contributed by atoms with van der Waals surface area (Å²) in [7, 11) is 2.35. The van der Waals surface area contributed by atoms with Crippen LogP contribution in [0.1, 0.15) is 40.2 Å². The number of anilines is 2. The predicted octanol–water partition coefficient (Wildman–Crippen LogP) is 7.10. The molecule has 0 aromatic heterocycles. The number of ether oxygens (including phenoxy) is 2. The van der Waals surface area contributed by atoms with Gasteiger partial charge in [-0.15, -0.1) is 23.2 Å². The molecule has 3 fully saturated rings. The van der Waals surface area contributed by atoms with Gasteiger partial charge in [-0.2, -0.15) is 0 Å². The summed E-state index contributed by atoms with van der Waals surface area (Å²) in [4.78, 5) is 65.9. The fraction of sp³-hybridized carbons (Fsp3) is 0.244. The smallest absolute Gasteiger partial charge is 0.258 e. The van der Waals surface area contributed by atoms with Crippen molar-refractivity contribution in [3.63, 3.8) is 0 Å². The zero-order chi connectivity index (χ0) is 41.7. The highest BCUT2D eigenvalue weighted by atomic mass is 35.5. The number of halogens is 7. The van der Waals surface area contributed by atoms with Crippen LogP contribution in [0.3, 0.4) is 0 Å². The van der Waals surface area contributed by atoms with Crippen LogP contribution in [-0.4, -0.2) is 58.5 Å². The van der Waals surface area contributed by atoms with Crippen LogP contribution >= 0.6 is 23.2 Å². The molecule has 0 bridgehead atoms. The molecule has 8 rings (SSSR count). The van der Waals surface area contributed by atoms with E-state index in [1.54, 1.807) is 30.3 Å². The summed E-state index contributed by atoms with van der Waals surface area (Å²) >= 11 is 14.5. The number of amides is 4. The van der Waals surface area contributed by atoms with Gasteiger partial charge in [0, 0.05) is 34.7 Å². The van der Waals surface area contributed by atoms with Crippen molar-refractivity contribution in [2.75, 3.05) is 24.0 Å². The van der Waals surface area contributed by atoms with E-state index in [2.05, 4.69) is 0 Å². The normalized spacial score (nSPS) is 26.3. The Hall–Kier alpha value is -5.80. The van der Waals surface area contributed by atoms with Crippen molar-refractivity contribution in [2.45, 2.75) is 28.5 Å². The van der Waals surface area contributed by atoms with Crippen LogP contribution in [0.2, 0.25) is 0 Å². The Morgan fingerprint density at radius 1 is 0.741 bits per heavy atom. The number of ketones is 1. The van der Waals surface area contributed by atoms with E-state index in [1.165, 1.54) is 44.6 Å². The number of alkyl halides is 2. The summed E-state index contributed by atoms with van der Waals surface area (Å²) in [5.41, 5.74) is -1.13. The lowest BCUT2D eigenvalue weighted by atomic mass is 9.56. The molecule has 17 heteroatoms. The van der Waals surface area contributed by atoms with Gasteiger partial charge in [0.1, 0.15) is 22.9 Å². The largest absolute Gasteiger partial charge is 0.508 e. The molecule has 4 aromatic rings. The van der Waals surface area contributed by atoms with Crippen LogP contribution in [0.15, 0.2) is 78.4 Å². The second kappa shape index (κ2) is 13.7. The van der Waals surface area contributed by atoms with Crippen molar-refractivity contribution in [3.8, 4) is 17.2 Å². The minimum Gasteiger partial charge on any atom is -0.508 e. The standard InChI is InChI=1S/C41H27Cl2F5N2O8/c1-57-24-14-20(51)15-25(58-2)27(24)28-21-12-13-22-26(37(54)49(36(22)53)19-10-8-18(9-11-19)35(52)17-6-4-3-5-7-17)23(21)16-40(42)38(55)50(39(56)41(28,40)43)34-32(47)30(45)29(44)31(46)33(34)48/h3-12,14-15,22-23,26,28,51H,13,16H2,1-2H3/t22-,23+,26-,28+,40+,41-/m0/s1. The molecule has 0 unspecified atom stereocenters. The maximum Gasteiger partial charge on any atom is 0.258 e. The zero-order valence-electron chi connectivity index (χ0n) is 30.0. The van der Waals surface area contributed by atoms with Crippen molar-refractivity contribution >= 4 is 64.0 Å². The number of phenols is 1. The highest BCUT2D eigenvalue weighted by molar-refractivity contribution is 6.58. The average Bonchev–Trinajstić information content (AvgIpc) is 3.56. The molecular formula is C41H27Cl2F5N2O8. The summed E-state index contributed by atoms with van der Waals surface area (Å²) in [6.45, 7) is 0. The number of rotatable bonds is 7. The molecule has 2 aliphatic heterocycles. The summed E-state index contributed by atoms with van der Waals surface area (Å²) in [5, 5.41) is 10.5. The van der Waals surface area contributed by atoms with E-state index < -0.39 is 104 Å². The van der Waals surface area contributed by atoms with E-state index in [0.717, 1.165) is 17.0 Å². The number of hydrogen-bond acceptors (Lipinski definition) is 8. The highest BCUT2D eigenvalue weighted by Gasteiger charge is 2.77. The van der Waals surface area contributed by atoms with Crippen molar-refractivity contribution < 1.29 is 60.5 Å². The number of aromatic hydroxyl groups is 1. The molecule has 2 saturated heterocycles. The van der Waals surface area contributed by atoms with Gasteiger partial charge in [-0.25, -0.2) is 26.9 Å². The monoisotopic (exact) mass is 840 g/mol. The summed E-state index contributed by atoms with van der Waals surface area (Å²) < 4.78 is 85.3. The quantitative estimate of drug-likeness (QED) is 0.0397. The second-order valence-electron chi connectivity index (χ2n) is 14.2. The van der Waals surface area contributed by atoms with Crippen molar-refractivity contribution in [2.24, 2.45) is 17.8 Å². The topological polar surface area (TPSA) is 131 Å². The Bertz CT molecular complexity index is 2490. The number of carbonyl (C=O) groups is 5. The molecule has 0 radical (unpaired) electrons. The number of phenolic OH excluding ortho intramolecular Hbond substituents is 1. The number of fused-ring (bicyclic) bond motifs is 4. The van der Waals surface area contributed by atoms with E-state index in [9.17, 15) is 42.3 Å². The summed E-state index contributed by atoms with van der Waals surface area (Å²) in [6.07, 6.45) is 0.642. The Labute approximate surface area is 335 Å². The average molecular weight is 842 g/mol. The zero-order valence-corrected chi connectivity index (χ0v) is 31.5. The molecule has 1 saturated carbocycles. The van der Waals surface area contributed by atoms with Crippen molar-refractivity contribution in [3.05, 3.63) is 124 Å². The number of allylic oxidation sites excluding steroid dienone is 2. The molecule has 58 heavy (non-hydrogen) atoms. The molecule has 4 aliphatic rings. The third-order valence-electron chi connectivity index (χ3n) is 11.5. The van der Waals surface area contributed by atoms with Crippen LogP contribution in [0, 0.1) is 46.8 Å². The third kappa shape index (κ3) is 5.18. The SMILES string of the molecule is COc1cc(O)cc(OC)c1[C@H]1C2=CC[C@@H]3C(=O)N(c4ccc(C(=O)c5ccccc5)cc4)C(=O)[C@@H]3[C@@H]2C[C@@]2(Cl)C(=O)N(c3c(F)c(F)c(F)c(F)c3F)C(=O)[C@@]12Cl. The summed E-state index contributed by atoms with van der Waals surface area (Å²) in [6, 6.07) is 16.3. The third-order valence-corrected chi connectivity index (χ3v) is 12.9. The number of imide groups is 2. The number of methoxy groups -OCH3 is 2. The van der Waals surface area contributed by atoms with Gasteiger partial charge in [-0.05, 0) is 43.0 Å². The van der Waals surface area contributed by atoms with Crippen LogP contribution < -0.4 is 19.3 Å². The van der Waals surface area contributed by atoms with E-state index in [-0.39, 0.29) is 51.0 Å². The van der Waals surface area contributed by atoms with Gasteiger partial charge in [0.25, 0.3) is 11.8 Å². The number of benzene rings is 4. The van der Waals surface area contributed by atoms with E-state index in [1.807, 2.05) is 0 Å². The van der Waals surface area contributed by atoms with E-state index in [0.29, 0.717) is 5.56 Å². The molecule has 4 amide bonds. The Morgan fingerprint density at radius 2 is 1.29 bits per heavy atom. The first-order chi connectivity index (χ1) is 27.5. The van der Waals surface area contributed by atoms with Crippen LogP contribution in [0.4, 0.5) is 33.3 Å². The lowest BCUT2D eigenvalue weighted by Crippen LogP contribution is -2.60. The van der Waals surface area contributed by atoms with Gasteiger partial charge < -0.3 is 14.6 Å². The molecule has 2 aliphatic carbocycles. The molecular weight excluding hydrogens is 814 g/mol. The molecule has 10 nitrogen and oxygen atoms in total. The number of nitrogens with zero attached hydrogens (tertiary/aromatic N) is 2. The van der Waals surface area contributed by atoms with Crippen LogP contribution in [-0.2, 0) is 19.2 Å². The van der Waals surface area contributed by atoms with Crippen molar-refractivity contribution in [1.82, 2.24) is 0 Å². The Balaban J connectivity index is 1.28. The van der Waals surface area contributed by atoms with Crippen molar-refractivity contribution in [1.29, 1.82) is 0 Å². The number of carbonyl (C=O) groups excluding carboxylic acids is 5. The maximum absolute atomic E-state index is 15.4. The van der Waals surface area contributed by atoms with Crippen LogP contribution in [0.5, 0.6) is 17.2 Å². The minimum atomic E-state index is -2.86. The molecule has 298 valence electrons. The first-order valence-corrected chi connectivity index (χ1v) is 18.3. The van der Waals surface area contributed by atoms with Gasteiger partial charge >= 0.3 is 0 Å². The van der Waals surface area contributed by atoms with Gasteiger partial charge in [0.2, 0.25) is 17.6 Å². The van der Waals surface area contributed by atoms with Gasteiger partial charge in [-0.3, -0.25) is 28.9 Å². The maximum atomic E-state index is 15.4. The van der Waals surface area contributed by atoms with E-state index >= 15 is 8.78 Å². The van der Waals surface area contributed by atoms with Crippen LogP contribution in [0.25, 0.3) is 0 Å². The minimum absolute atomic E-state index is 0.113. The molecule has 1 N–H and O–H groups in total. The fourth-order valence-corrected chi connectivity index (χ4v) is 9.78. The molecule has 0 spiro atoms. The number of hydrogen-bond donors (Lipinski definition) is 1. The lowest BCUT2D eigenvalue weighted by Gasteiger charge is -2.51. The highest BCUT2D eigenvalue weighted by Crippen LogP contribution is 2.68.